The first-order valence-electron chi connectivity index (χ1n) is 8.98. The Morgan fingerprint density at radius 2 is 1.79 bits per heavy atom. The topological polar surface area (TPSA) is 87.7 Å². The summed E-state index contributed by atoms with van der Waals surface area (Å²) >= 11 is 3.54. The van der Waals surface area contributed by atoms with Gasteiger partial charge in [0.05, 0.1) is 16.6 Å². The Hall–Kier alpha value is -2.54. The summed E-state index contributed by atoms with van der Waals surface area (Å²) in [6.45, 7) is 7.41. The molecule has 2 aromatic carbocycles. The molecule has 0 spiro atoms. The van der Waals surface area contributed by atoms with E-state index >= 15 is 0 Å². The molecule has 2 aromatic rings. The van der Waals surface area contributed by atoms with Crippen LogP contribution in [0.1, 0.15) is 43.1 Å². The average molecular weight is 449 g/mol. The number of rotatable bonds is 7. The normalized spacial score (nSPS) is 11.0. The number of aromatic carboxylic acids is 1. The largest absolute Gasteiger partial charge is 0.492 e. The molecule has 0 saturated heterocycles. The van der Waals surface area contributed by atoms with Gasteiger partial charge in [0.1, 0.15) is 5.75 Å². The molecule has 2 amide bonds. The Kier molecular flexibility index (Phi) is 7.45. The Balaban J connectivity index is 1.71. The smallest absolute Gasteiger partial charge is 0.335 e. The Labute approximate surface area is 173 Å². The van der Waals surface area contributed by atoms with Crippen molar-refractivity contribution in [2.45, 2.75) is 32.6 Å². The molecule has 0 aliphatic heterocycles. The molecule has 0 heterocycles. The van der Waals surface area contributed by atoms with Gasteiger partial charge >= 0.3 is 12.0 Å². The lowest BCUT2D eigenvalue weighted by Crippen LogP contribution is -2.30. The van der Waals surface area contributed by atoms with E-state index in [0.29, 0.717) is 25.3 Å². The quantitative estimate of drug-likeness (QED) is 0.517. The third kappa shape index (κ3) is 6.56. The molecule has 0 fully saturated rings. The lowest BCUT2D eigenvalue weighted by molar-refractivity contribution is 0.0697. The molecule has 7 heteroatoms. The summed E-state index contributed by atoms with van der Waals surface area (Å²) in [6, 6.07) is 11.7. The van der Waals surface area contributed by atoms with Crippen molar-refractivity contribution in [3.05, 3.63) is 58.1 Å². The van der Waals surface area contributed by atoms with E-state index in [0.717, 1.165) is 10.2 Å². The number of carboxylic acids is 1. The number of nitrogens with one attached hydrogen (secondary N) is 2. The maximum absolute atomic E-state index is 11.9. The second-order valence-electron chi connectivity index (χ2n) is 7.36. The lowest BCUT2D eigenvalue weighted by atomic mass is 9.87. The van der Waals surface area contributed by atoms with E-state index < -0.39 is 5.97 Å². The van der Waals surface area contributed by atoms with Crippen LogP contribution in [0, 0.1) is 0 Å². The first kappa shape index (κ1) is 21.8. The van der Waals surface area contributed by atoms with Crippen LogP contribution in [0.15, 0.2) is 46.9 Å². The van der Waals surface area contributed by atoms with Gasteiger partial charge in [0, 0.05) is 12.2 Å². The van der Waals surface area contributed by atoms with Crippen molar-refractivity contribution in [3.8, 4) is 5.75 Å². The van der Waals surface area contributed by atoms with E-state index in [1.165, 1.54) is 17.7 Å². The molecular weight excluding hydrogens is 424 g/mol. The minimum Gasteiger partial charge on any atom is -0.492 e. The number of halogens is 1. The number of hydrogen-bond acceptors (Lipinski definition) is 3. The molecule has 0 unspecified atom stereocenters. The van der Waals surface area contributed by atoms with Gasteiger partial charge in [-0.3, -0.25) is 0 Å². The zero-order valence-electron chi connectivity index (χ0n) is 16.2. The van der Waals surface area contributed by atoms with Gasteiger partial charge in [0.15, 0.2) is 0 Å². The minimum absolute atomic E-state index is 0.0757. The molecule has 0 aliphatic carbocycles. The fourth-order valence-electron chi connectivity index (χ4n) is 2.41. The molecular formula is C21H25BrN2O4. The zero-order chi connectivity index (χ0) is 20.7. The van der Waals surface area contributed by atoms with Crippen LogP contribution in [0.3, 0.4) is 0 Å². The molecule has 3 N–H and O–H groups in total. The SMILES string of the molecule is CC(C)(C)c1ccc(OCCCNC(=O)Nc2ccc(C(=O)O)cc2)c(Br)c1. The van der Waals surface area contributed by atoms with Gasteiger partial charge in [-0.1, -0.05) is 26.8 Å². The molecule has 0 saturated carbocycles. The minimum atomic E-state index is -1.00. The fraction of sp³-hybridized carbons (Fsp3) is 0.333. The molecule has 0 radical (unpaired) electrons. The van der Waals surface area contributed by atoms with Crippen molar-refractivity contribution in [3.63, 3.8) is 0 Å². The second-order valence-corrected chi connectivity index (χ2v) is 8.21. The second kappa shape index (κ2) is 9.59. The van der Waals surface area contributed by atoms with Gasteiger partial charge in [-0.05, 0) is 69.7 Å². The summed E-state index contributed by atoms with van der Waals surface area (Å²) in [4.78, 5) is 22.7. The average Bonchev–Trinajstić information content (AvgIpc) is 2.62. The maximum atomic E-state index is 11.9. The van der Waals surface area contributed by atoms with Gasteiger partial charge in [-0.2, -0.15) is 0 Å². The number of benzene rings is 2. The van der Waals surface area contributed by atoms with Crippen molar-refractivity contribution >= 4 is 33.6 Å². The molecule has 0 aliphatic rings. The van der Waals surface area contributed by atoms with Gasteiger partial charge in [0.25, 0.3) is 0 Å². The van der Waals surface area contributed by atoms with E-state index in [1.54, 1.807) is 12.1 Å². The van der Waals surface area contributed by atoms with Crippen LogP contribution >= 0.6 is 15.9 Å². The van der Waals surface area contributed by atoms with Crippen LogP contribution in [0.4, 0.5) is 10.5 Å². The monoisotopic (exact) mass is 448 g/mol. The number of anilines is 1. The van der Waals surface area contributed by atoms with Gasteiger partial charge < -0.3 is 20.5 Å². The first-order valence-corrected chi connectivity index (χ1v) is 9.77. The number of carboxylic acid groups (broad SMARTS) is 1. The van der Waals surface area contributed by atoms with Gasteiger partial charge in [0.2, 0.25) is 0 Å². The molecule has 0 bridgehead atoms. The first-order chi connectivity index (χ1) is 13.2. The van der Waals surface area contributed by atoms with E-state index in [9.17, 15) is 9.59 Å². The third-order valence-electron chi connectivity index (χ3n) is 4.05. The summed E-state index contributed by atoms with van der Waals surface area (Å²) in [7, 11) is 0. The summed E-state index contributed by atoms with van der Waals surface area (Å²) in [5.41, 5.74) is 2.00. The van der Waals surface area contributed by atoms with Gasteiger partial charge in [-0.25, -0.2) is 9.59 Å². The van der Waals surface area contributed by atoms with Crippen molar-refractivity contribution < 1.29 is 19.4 Å². The molecule has 6 nitrogen and oxygen atoms in total. The van der Waals surface area contributed by atoms with Crippen LogP contribution in [0.25, 0.3) is 0 Å². The van der Waals surface area contributed by atoms with Crippen LogP contribution in [0.2, 0.25) is 0 Å². The van der Waals surface area contributed by atoms with E-state index in [-0.39, 0.29) is 17.0 Å². The standard InChI is InChI=1S/C21H25BrN2O4/c1-21(2,3)15-7-10-18(17(22)13-15)28-12-4-11-23-20(27)24-16-8-5-14(6-9-16)19(25)26/h5-10,13H,4,11-12H2,1-3H3,(H,25,26)(H2,23,24,27). The summed E-state index contributed by atoms with van der Waals surface area (Å²) in [5.74, 6) is -0.230. The maximum Gasteiger partial charge on any atom is 0.335 e. The van der Waals surface area contributed by atoms with Gasteiger partial charge in [-0.15, -0.1) is 0 Å². The zero-order valence-corrected chi connectivity index (χ0v) is 17.8. The highest BCUT2D eigenvalue weighted by Gasteiger charge is 2.15. The molecule has 0 aromatic heterocycles. The van der Waals surface area contributed by atoms with E-state index in [2.05, 4.69) is 59.5 Å². The molecule has 150 valence electrons. The summed E-state index contributed by atoms with van der Waals surface area (Å²) < 4.78 is 6.68. The van der Waals surface area contributed by atoms with Crippen molar-refractivity contribution in [2.24, 2.45) is 0 Å². The fourth-order valence-corrected chi connectivity index (χ4v) is 2.91. The van der Waals surface area contributed by atoms with Crippen LogP contribution in [-0.4, -0.2) is 30.3 Å². The Morgan fingerprint density at radius 1 is 1.11 bits per heavy atom. The number of urea groups is 1. The number of ether oxygens (including phenoxy) is 1. The molecule has 28 heavy (non-hydrogen) atoms. The van der Waals surface area contributed by atoms with Crippen molar-refractivity contribution in [2.75, 3.05) is 18.5 Å². The number of amides is 2. The number of hydrogen-bond donors (Lipinski definition) is 3. The van der Waals surface area contributed by atoms with Crippen LogP contribution in [0.5, 0.6) is 5.75 Å². The van der Waals surface area contributed by atoms with E-state index in [1.807, 2.05) is 6.07 Å². The van der Waals surface area contributed by atoms with Crippen LogP contribution in [-0.2, 0) is 5.41 Å². The number of carbonyl (C=O) groups excluding carboxylic acids is 1. The van der Waals surface area contributed by atoms with Crippen LogP contribution < -0.4 is 15.4 Å². The lowest BCUT2D eigenvalue weighted by Gasteiger charge is -2.20. The summed E-state index contributed by atoms with van der Waals surface area (Å²) in [5, 5.41) is 14.3. The van der Waals surface area contributed by atoms with Crippen molar-refractivity contribution in [1.29, 1.82) is 0 Å². The number of carbonyl (C=O) groups is 2. The molecule has 2 rings (SSSR count). The molecule has 0 atom stereocenters. The Morgan fingerprint density at radius 3 is 2.36 bits per heavy atom. The predicted molar refractivity (Wildman–Crippen MR) is 113 cm³/mol. The van der Waals surface area contributed by atoms with E-state index in [4.69, 9.17) is 9.84 Å². The highest BCUT2D eigenvalue weighted by atomic mass is 79.9. The Bertz CT molecular complexity index is 829. The predicted octanol–water partition coefficient (Wildman–Crippen LogP) is 5.04. The highest BCUT2D eigenvalue weighted by Crippen LogP contribution is 2.31. The highest BCUT2D eigenvalue weighted by molar-refractivity contribution is 9.10. The third-order valence-corrected chi connectivity index (χ3v) is 4.67. The summed E-state index contributed by atoms with van der Waals surface area (Å²) in [6.07, 6.45) is 0.652. The van der Waals surface area contributed by atoms with Crippen molar-refractivity contribution in [1.82, 2.24) is 5.32 Å².